The molecule has 0 aromatic carbocycles. The van der Waals surface area contributed by atoms with Gasteiger partial charge in [-0.25, -0.2) is 5.48 Å². The van der Waals surface area contributed by atoms with Crippen LogP contribution in [0.3, 0.4) is 0 Å². The molecule has 0 bridgehead atoms. The Morgan fingerprint density at radius 1 is 1.50 bits per heavy atom. The van der Waals surface area contributed by atoms with Crippen molar-refractivity contribution in [3.8, 4) is 0 Å². The Hall–Kier alpha value is -1.49. The van der Waals surface area contributed by atoms with Crippen molar-refractivity contribution >= 4 is 17.9 Å². The minimum absolute atomic E-state index is 0.279. The van der Waals surface area contributed by atoms with Gasteiger partial charge >= 0.3 is 0 Å². The summed E-state index contributed by atoms with van der Waals surface area (Å²) in [5.74, 6) is -0.772. The highest BCUT2D eigenvalue weighted by Crippen LogP contribution is 1.73. The fraction of sp³-hybridized carbons (Fsp3) is 0. The molecule has 0 aliphatic rings. The summed E-state index contributed by atoms with van der Waals surface area (Å²) < 4.78 is 0. The van der Waals surface area contributed by atoms with E-state index >= 15 is 0 Å². The van der Waals surface area contributed by atoms with Gasteiger partial charge in [-0.1, -0.05) is 0 Å². The van der Waals surface area contributed by atoms with E-state index in [4.69, 9.17) is 10.6 Å². The molecule has 0 atom stereocenters. The van der Waals surface area contributed by atoms with E-state index in [0.29, 0.717) is 0 Å². The zero-order chi connectivity index (χ0) is 7.98. The SMILES string of the molecule is N=C(C=O)/C=C/C(=O)NO. The quantitative estimate of drug-likeness (QED) is 0.159. The molecule has 0 saturated heterocycles. The van der Waals surface area contributed by atoms with Gasteiger partial charge in [-0.2, -0.15) is 0 Å². The minimum Gasteiger partial charge on any atom is -0.297 e. The monoisotopic (exact) mass is 142 g/mol. The van der Waals surface area contributed by atoms with Crippen LogP contribution in [0.4, 0.5) is 0 Å². The number of hydrogen-bond donors (Lipinski definition) is 3. The lowest BCUT2D eigenvalue weighted by Crippen LogP contribution is -2.15. The van der Waals surface area contributed by atoms with Crippen molar-refractivity contribution in [3.05, 3.63) is 12.2 Å². The number of hydrogen-bond acceptors (Lipinski definition) is 4. The van der Waals surface area contributed by atoms with Crippen molar-refractivity contribution in [2.24, 2.45) is 0 Å². The molecular formula is C5H6N2O3. The third-order valence-electron chi connectivity index (χ3n) is 0.651. The molecule has 5 heteroatoms. The Balaban J connectivity index is 3.87. The topological polar surface area (TPSA) is 90.2 Å². The van der Waals surface area contributed by atoms with Gasteiger partial charge in [0.1, 0.15) is 0 Å². The highest BCUT2D eigenvalue weighted by molar-refractivity contribution is 6.32. The van der Waals surface area contributed by atoms with Crippen molar-refractivity contribution in [1.29, 1.82) is 5.41 Å². The smallest absolute Gasteiger partial charge is 0.267 e. The first-order valence-corrected chi connectivity index (χ1v) is 2.36. The summed E-state index contributed by atoms with van der Waals surface area (Å²) in [5, 5.41) is 14.6. The van der Waals surface area contributed by atoms with Crippen LogP contribution in [0.25, 0.3) is 0 Å². The average Bonchev–Trinajstić information content (AvgIpc) is 1.99. The molecule has 0 fully saturated rings. The molecule has 0 rings (SSSR count). The number of hydroxylamine groups is 1. The number of allylic oxidation sites excluding steroid dienone is 1. The van der Waals surface area contributed by atoms with Crippen LogP contribution >= 0.6 is 0 Å². The molecule has 10 heavy (non-hydrogen) atoms. The number of amides is 1. The second kappa shape index (κ2) is 4.39. The zero-order valence-corrected chi connectivity index (χ0v) is 5.00. The molecule has 3 N–H and O–H groups in total. The van der Waals surface area contributed by atoms with E-state index in [1.54, 1.807) is 0 Å². The van der Waals surface area contributed by atoms with E-state index in [2.05, 4.69) is 0 Å². The van der Waals surface area contributed by atoms with Crippen molar-refractivity contribution in [1.82, 2.24) is 5.48 Å². The standard InChI is InChI=1S/C5H6N2O3/c6-4(3-8)1-2-5(9)7-10/h1-3,6,10H,(H,7,9)/b2-1+,6-4?. The Labute approximate surface area is 56.8 Å². The number of aldehydes is 1. The number of carbonyl (C=O) groups is 2. The van der Waals surface area contributed by atoms with Gasteiger partial charge in [0.2, 0.25) is 0 Å². The lowest BCUT2D eigenvalue weighted by atomic mass is 10.3. The maximum absolute atomic E-state index is 10.2. The van der Waals surface area contributed by atoms with Gasteiger partial charge < -0.3 is 0 Å². The second-order valence-electron chi connectivity index (χ2n) is 1.38. The lowest BCUT2D eigenvalue weighted by molar-refractivity contribution is -0.124. The summed E-state index contributed by atoms with van der Waals surface area (Å²) in [5.41, 5.74) is 0.976. The summed E-state index contributed by atoms with van der Waals surface area (Å²) >= 11 is 0. The van der Waals surface area contributed by atoms with Crippen LogP contribution in [0, 0.1) is 5.41 Å². The van der Waals surface area contributed by atoms with E-state index in [9.17, 15) is 9.59 Å². The average molecular weight is 142 g/mol. The molecule has 0 spiro atoms. The van der Waals surface area contributed by atoms with Crippen LogP contribution in [0.1, 0.15) is 0 Å². The largest absolute Gasteiger partial charge is 0.297 e. The normalized spacial score (nSPS) is 9.30. The Kier molecular flexibility index (Phi) is 3.74. The van der Waals surface area contributed by atoms with Crippen LogP contribution in [0.2, 0.25) is 0 Å². The van der Waals surface area contributed by atoms with Crippen LogP contribution in [-0.4, -0.2) is 23.1 Å². The van der Waals surface area contributed by atoms with Gasteiger partial charge in [-0.15, -0.1) is 0 Å². The molecule has 5 nitrogen and oxygen atoms in total. The molecule has 0 aliphatic heterocycles. The van der Waals surface area contributed by atoms with Crippen LogP contribution in [-0.2, 0) is 9.59 Å². The summed E-state index contributed by atoms with van der Waals surface area (Å²) in [4.78, 5) is 19.9. The van der Waals surface area contributed by atoms with Crippen molar-refractivity contribution in [3.63, 3.8) is 0 Å². The Morgan fingerprint density at radius 3 is 2.50 bits per heavy atom. The van der Waals surface area contributed by atoms with Crippen molar-refractivity contribution in [2.75, 3.05) is 0 Å². The van der Waals surface area contributed by atoms with E-state index in [1.807, 2.05) is 0 Å². The molecule has 0 aromatic heterocycles. The molecule has 54 valence electrons. The van der Waals surface area contributed by atoms with Gasteiger partial charge in [0.15, 0.2) is 6.29 Å². The first-order valence-electron chi connectivity index (χ1n) is 2.36. The van der Waals surface area contributed by atoms with Gasteiger partial charge in [0, 0.05) is 6.08 Å². The first kappa shape index (κ1) is 8.51. The maximum atomic E-state index is 10.2. The van der Waals surface area contributed by atoms with E-state index in [-0.39, 0.29) is 12.0 Å². The van der Waals surface area contributed by atoms with Crippen LogP contribution in [0.5, 0.6) is 0 Å². The van der Waals surface area contributed by atoms with E-state index in [0.717, 1.165) is 12.2 Å². The third kappa shape index (κ3) is 3.50. The van der Waals surface area contributed by atoms with Crippen LogP contribution in [0.15, 0.2) is 12.2 Å². The van der Waals surface area contributed by atoms with Gasteiger partial charge in [0.25, 0.3) is 5.91 Å². The van der Waals surface area contributed by atoms with Crippen molar-refractivity contribution < 1.29 is 14.8 Å². The number of nitrogens with one attached hydrogen (secondary N) is 2. The van der Waals surface area contributed by atoms with Crippen LogP contribution < -0.4 is 5.48 Å². The molecule has 0 heterocycles. The second-order valence-corrected chi connectivity index (χ2v) is 1.38. The molecule has 0 aliphatic carbocycles. The third-order valence-corrected chi connectivity index (χ3v) is 0.651. The molecule has 1 amide bonds. The predicted octanol–water partition coefficient (Wildman–Crippen LogP) is -0.733. The summed E-state index contributed by atoms with van der Waals surface area (Å²) in [6, 6.07) is 0. The molecule has 0 saturated carbocycles. The van der Waals surface area contributed by atoms with E-state index < -0.39 is 5.91 Å². The summed E-state index contributed by atoms with van der Waals surface area (Å²) in [6.07, 6.45) is 2.12. The number of carbonyl (C=O) groups excluding carboxylic acids is 2. The summed E-state index contributed by atoms with van der Waals surface area (Å²) in [6.45, 7) is 0. The zero-order valence-electron chi connectivity index (χ0n) is 5.00. The molecule has 0 aromatic rings. The lowest BCUT2D eigenvalue weighted by Gasteiger charge is -1.85. The highest BCUT2D eigenvalue weighted by Gasteiger charge is 1.90. The van der Waals surface area contributed by atoms with Gasteiger partial charge in [0.05, 0.1) is 5.71 Å². The minimum atomic E-state index is -0.772. The van der Waals surface area contributed by atoms with E-state index in [1.165, 1.54) is 5.48 Å². The molecule has 0 radical (unpaired) electrons. The van der Waals surface area contributed by atoms with Gasteiger partial charge in [-0.3, -0.25) is 20.2 Å². The predicted molar refractivity (Wildman–Crippen MR) is 32.9 cm³/mol. The highest BCUT2D eigenvalue weighted by atomic mass is 16.5. The molecular weight excluding hydrogens is 136 g/mol. The Morgan fingerprint density at radius 2 is 2.10 bits per heavy atom. The van der Waals surface area contributed by atoms with Gasteiger partial charge in [-0.05, 0) is 6.08 Å². The van der Waals surface area contributed by atoms with Crippen molar-refractivity contribution in [2.45, 2.75) is 0 Å². The fourth-order valence-corrected chi connectivity index (χ4v) is 0.242. The number of rotatable bonds is 3. The molecule has 0 unspecified atom stereocenters. The first-order chi connectivity index (χ1) is 4.70. The fourth-order valence-electron chi connectivity index (χ4n) is 0.242. The summed E-state index contributed by atoms with van der Waals surface area (Å²) in [7, 11) is 0. The Bertz CT molecular complexity index is 185. The maximum Gasteiger partial charge on any atom is 0.267 e.